The van der Waals surface area contributed by atoms with Gasteiger partial charge in [0.05, 0.1) is 6.33 Å². The predicted octanol–water partition coefficient (Wildman–Crippen LogP) is 1.06. The van der Waals surface area contributed by atoms with Crippen LogP contribution in [0.5, 0.6) is 0 Å². The first-order chi connectivity index (χ1) is 9.56. The van der Waals surface area contributed by atoms with Gasteiger partial charge in [-0.2, -0.15) is 0 Å². The number of carbonyl (C=O) groups is 2. The van der Waals surface area contributed by atoms with E-state index < -0.39 is 5.97 Å². The van der Waals surface area contributed by atoms with Crippen molar-refractivity contribution in [1.82, 2.24) is 19.9 Å². The summed E-state index contributed by atoms with van der Waals surface area (Å²) in [5.74, 6) is -1.35. The van der Waals surface area contributed by atoms with E-state index in [4.69, 9.17) is 16.7 Å². The van der Waals surface area contributed by atoms with Crippen LogP contribution in [0.3, 0.4) is 0 Å². The highest BCUT2D eigenvalue weighted by Crippen LogP contribution is 2.06. The minimum absolute atomic E-state index is 0.0303. The summed E-state index contributed by atoms with van der Waals surface area (Å²) < 4.78 is 1.59. The number of imidazole rings is 1. The largest absolute Gasteiger partial charge is 0.476 e. The normalized spacial score (nSPS) is 10.2. The summed E-state index contributed by atoms with van der Waals surface area (Å²) >= 11 is 5.69. The number of amides is 1. The molecule has 0 atom stereocenters. The molecule has 0 spiro atoms. The third kappa shape index (κ3) is 3.55. The highest BCUT2D eigenvalue weighted by atomic mass is 35.5. The lowest BCUT2D eigenvalue weighted by atomic mass is 10.2. The van der Waals surface area contributed by atoms with Gasteiger partial charge in [0.25, 0.3) is 5.91 Å². The van der Waals surface area contributed by atoms with E-state index in [0.29, 0.717) is 18.7 Å². The van der Waals surface area contributed by atoms with Crippen molar-refractivity contribution in [3.05, 3.63) is 47.3 Å². The van der Waals surface area contributed by atoms with E-state index in [2.05, 4.69) is 15.3 Å². The molecule has 0 radical (unpaired) electrons. The summed E-state index contributed by atoms with van der Waals surface area (Å²) in [6, 6.07) is 3.03. The van der Waals surface area contributed by atoms with Crippen LogP contribution in [0.25, 0.3) is 0 Å². The lowest BCUT2D eigenvalue weighted by Crippen LogP contribution is -2.27. The van der Waals surface area contributed by atoms with E-state index in [0.717, 1.165) is 0 Å². The van der Waals surface area contributed by atoms with Crippen molar-refractivity contribution in [3.8, 4) is 0 Å². The van der Waals surface area contributed by atoms with Gasteiger partial charge in [-0.1, -0.05) is 11.6 Å². The van der Waals surface area contributed by atoms with Crippen molar-refractivity contribution < 1.29 is 14.7 Å². The molecule has 0 aliphatic heterocycles. The van der Waals surface area contributed by atoms with Gasteiger partial charge >= 0.3 is 5.97 Å². The van der Waals surface area contributed by atoms with Crippen LogP contribution in [0.4, 0.5) is 0 Å². The van der Waals surface area contributed by atoms with Crippen LogP contribution in [0.1, 0.15) is 20.8 Å². The number of halogens is 1. The Morgan fingerprint density at radius 1 is 1.40 bits per heavy atom. The number of aromatic nitrogens is 3. The van der Waals surface area contributed by atoms with Crippen LogP contribution in [0.15, 0.2) is 30.9 Å². The molecule has 2 heterocycles. The van der Waals surface area contributed by atoms with Gasteiger partial charge in [0, 0.05) is 31.0 Å². The highest BCUT2D eigenvalue weighted by molar-refractivity contribution is 6.29. The fourth-order valence-corrected chi connectivity index (χ4v) is 1.71. The molecular formula is C12H11ClN4O3. The van der Waals surface area contributed by atoms with Crippen LogP contribution in [-0.2, 0) is 6.54 Å². The molecule has 7 nitrogen and oxygen atoms in total. The number of nitrogens with zero attached hydrogens (tertiary/aromatic N) is 3. The predicted molar refractivity (Wildman–Crippen MR) is 70.8 cm³/mol. The molecule has 0 unspecified atom stereocenters. The van der Waals surface area contributed by atoms with E-state index in [1.165, 1.54) is 24.8 Å². The van der Waals surface area contributed by atoms with Crippen LogP contribution >= 0.6 is 11.6 Å². The van der Waals surface area contributed by atoms with Crippen molar-refractivity contribution in [2.24, 2.45) is 0 Å². The molecule has 20 heavy (non-hydrogen) atoms. The SMILES string of the molecule is O=C(NCCn1cnc(C(=O)O)c1)c1ccnc(Cl)c1. The minimum Gasteiger partial charge on any atom is -0.476 e. The average molecular weight is 295 g/mol. The third-order valence-electron chi connectivity index (χ3n) is 2.50. The van der Waals surface area contributed by atoms with Crippen molar-refractivity contribution in [3.63, 3.8) is 0 Å². The Morgan fingerprint density at radius 2 is 2.20 bits per heavy atom. The maximum absolute atomic E-state index is 11.8. The smallest absolute Gasteiger partial charge is 0.356 e. The molecule has 2 aromatic rings. The Kier molecular flexibility index (Phi) is 4.31. The van der Waals surface area contributed by atoms with Gasteiger partial charge in [0.2, 0.25) is 0 Å². The Balaban J connectivity index is 1.86. The molecule has 104 valence electrons. The van der Waals surface area contributed by atoms with Crippen LogP contribution in [0, 0.1) is 0 Å². The average Bonchev–Trinajstić information content (AvgIpc) is 2.87. The fourth-order valence-electron chi connectivity index (χ4n) is 1.54. The summed E-state index contributed by atoms with van der Waals surface area (Å²) in [5, 5.41) is 11.7. The molecule has 0 saturated carbocycles. The number of hydrogen-bond acceptors (Lipinski definition) is 4. The zero-order chi connectivity index (χ0) is 14.5. The number of aromatic carboxylic acids is 1. The number of pyridine rings is 1. The first-order valence-electron chi connectivity index (χ1n) is 5.71. The van der Waals surface area contributed by atoms with Gasteiger partial charge in [-0.15, -0.1) is 0 Å². The summed E-state index contributed by atoms with van der Waals surface area (Å²) in [5.41, 5.74) is 0.388. The molecule has 1 amide bonds. The van der Waals surface area contributed by atoms with Crippen molar-refractivity contribution in [2.75, 3.05) is 6.54 Å². The second kappa shape index (κ2) is 6.16. The molecule has 0 bridgehead atoms. The van der Waals surface area contributed by atoms with Gasteiger partial charge in [0.15, 0.2) is 5.69 Å². The lowest BCUT2D eigenvalue weighted by molar-refractivity contribution is 0.0690. The lowest BCUT2D eigenvalue weighted by Gasteiger charge is -2.05. The topological polar surface area (TPSA) is 97.1 Å². The summed E-state index contributed by atoms with van der Waals surface area (Å²) in [4.78, 5) is 29.9. The Morgan fingerprint density at radius 3 is 2.85 bits per heavy atom. The van der Waals surface area contributed by atoms with Crippen molar-refractivity contribution in [1.29, 1.82) is 0 Å². The maximum Gasteiger partial charge on any atom is 0.356 e. The van der Waals surface area contributed by atoms with Gasteiger partial charge < -0.3 is 15.0 Å². The van der Waals surface area contributed by atoms with Gasteiger partial charge in [0.1, 0.15) is 5.15 Å². The number of rotatable bonds is 5. The summed E-state index contributed by atoms with van der Waals surface area (Å²) in [6.07, 6.45) is 4.25. The fraction of sp³-hybridized carbons (Fsp3) is 0.167. The number of hydrogen-bond donors (Lipinski definition) is 2. The molecule has 8 heteroatoms. The molecule has 2 aromatic heterocycles. The second-order valence-electron chi connectivity index (χ2n) is 3.93. The molecule has 2 rings (SSSR count). The maximum atomic E-state index is 11.8. The monoisotopic (exact) mass is 294 g/mol. The van der Waals surface area contributed by atoms with Crippen LogP contribution in [0.2, 0.25) is 5.15 Å². The molecule has 0 saturated heterocycles. The summed E-state index contributed by atoms with van der Waals surface area (Å²) in [6.45, 7) is 0.763. The first-order valence-corrected chi connectivity index (χ1v) is 6.09. The van der Waals surface area contributed by atoms with Crippen molar-refractivity contribution >= 4 is 23.5 Å². The van der Waals surface area contributed by atoms with E-state index in [-0.39, 0.29) is 16.8 Å². The molecule has 0 aliphatic rings. The van der Waals surface area contributed by atoms with Crippen LogP contribution < -0.4 is 5.32 Å². The molecule has 0 aliphatic carbocycles. The molecule has 2 N–H and O–H groups in total. The van der Waals surface area contributed by atoms with Gasteiger partial charge in [-0.05, 0) is 12.1 Å². The number of nitrogens with one attached hydrogen (secondary N) is 1. The molecule has 0 aromatic carbocycles. The standard InChI is InChI=1S/C12H11ClN4O3/c13-10-5-8(1-2-14-10)11(18)15-3-4-17-6-9(12(19)20)16-7-17/h1-2,5-7H,3-4H2,(H,15,18)(H,19,20). The zero-order valence-corrected chi connectivity index (χ0v) is 11.0. The van der Waals surface area contributed by atoms with E-state index in [1.54, 1.807) is 10.6 Å². The number of carbonyl (C=O) groups excluding carboxylic acids is 1. The van der Waals surface area contributed by atoms with E-state index >= 15 is 0 Å². The number of carboxylic acids is 1. The van der Waals surface area contributed by atoms with Crippen molar-refractivity contribution in [2.45, 2.75) is 6.54 Å². The quantitative estimate of drug-likeness (QED) is 0.804. The molecular weight excluding hydrogens is 284 g/mol. The van der Waals surface area contributed by atoms with Gasteiger partial charge in [-0.3, -0.25) is 4.79 Å². The van der Waals surface area contributed by atoms with Crippen LogP contribution in [-0.4, -0.2) is 38.1 Å². The van der Waals surface area contributed by atoms with Gasteiger partial charge in [-0.25, -0.2) is 14.8 Å². The second-order valence-corrected chi connectivity index (χ2v) is 4.31. The molecule has 0 fully saturated rings. The highest BCUT2D eigenvalue weighted by Gasteiger charge is 2.08. The number of carboxylic acid groups (broad SMARTS) is 1. The zero-order valence-electron chi connectivity index (χ0n) is 10.3. The third-order valence-corrected chi connectivity index (χ3v) is 2.70. The minimum atomic E-state index is -1.08. The Hall–Kier alpha value is -2.41. The summed E-state index contributed by atoms with van der Waals surface area (Å²) in [7, 11) is 0. The van der Waals surface area contributed by atoms with E-state index in [1.807, 2.05) is 0 Å². The van der Waals surface area contributed by atoms with E-state index in [9.17, 15) is 9.59 Å². The Bertz CT molecular complexity index is 641. The first kappa shape index (κ1) is 14.0. The Labute approximate surface area is 119 Å².